The summed E-state index contributed by atoms with van der Waals surface area (Å²) in [5.74, 6) is 0.0183. The maximum absolute atomic E-state index is 11.1. The standard InChI is InChI=1S/C17H16O3/c1-17(2)10-20-15-7-6-12(9-14(15)17)11-4-3-5-13(8-11)16(18)19/h3-9H,10H2,1-2H3,(H,18,19). The predicted octanol–water partition coefficient (Wildman–Crippen LogP) is 3.72. The van der Waals surface area contributed by atoms with Crippen LogP contribution in [0.4, 0.5) is 0 Å². The number of carboxylic acids is 1. The van der Waals surface area contributed by atoms with Crippen molar-refractivity contribution in [2.24, 2.45) is 0 Å². The molecule has 0 saturated heterocycles. The van der Waals surface area contributed by atoms with Crippen molar-refractivity contribution in [2.45, 2.75) is 19.3 Å². The van der Waals surface area contributed by atoms with Crippen LogP contribution in [0, 0.1) is 0 Å². The number of hydrogen-bond acceptors (Lipinski definition) is 2. The predicted molar refractivity (Wildman–Crippen MR) is 77.4 cm³/mol. The number of ether oxygens (including phenoxy) is 1. The molecule has 3 nitrogen and oxygen atoms in total. The molecule has 2 aromatic rings. The number of fused-ring (bicyclic) bond motifs is 1. The molecule has 1 N–H and O–H groups in total. The lowest BCUT2D eigenvalue weighted by Crippen LogP contribution is -2.18. The highest BCUT2D eigenvalue weighted by Gasteiger charge is 2.31. The summed E-state index contributed by atoms with van der Waals surface area (Å²) < 4.78 is 5.67. The minimum absolute atomic E-state index is 0.00421. The third-order valence-electron chi connectivity index (χ3n) is 3.74. The van der Waals surface area contributed by atoms with Gasteiger partial charge in [-0.05, 0) is 35.4 Å². The van der Waals surface area contributed by atoms with Crippen LogP contribution in [0.2, 0.25) is 0 Å². The normalized spacial score (nSPS) is 15.5. The Kier molecular flexibility index (Phi) is 2.78. The lowest BCUT2D eigenvalue weighted by molar-refractivity contribution is 0.0697. The van der Waals surface area contributed by atoms with Crippen LogP contribution in [0.15, 0.2) is 42.5 Å². The highest BCUT2D eigenvalue weighted by atomic mass is 16.5. The van der Waals surface area contributed by atoms with E-state index < -0.39 is 5.97 Å². The molecule has 20 heavy (non-hydrogen) atoms. The maximum atomic E-state index is 11.1. The third kappa shape index (κ3) is 2.05. The van der Waals surface area contributed by atoms with E-state index in [0.717, 1.165) is 16.9 Å². The van der Waals surface area contributed by atoms with E-state index in [-0.39, 0.29) is 5.41 Å². The van der Waals surface area contributed by atoms with Gasteiger partial charge in [0.1, 0.15) is 5.75 Å². The van der Waals surface area contributed by atoms with Crippen molar-refractivity contribution in [1.82, 2.24) is 0 Å². The van der Waals surface area contributed by atoms with Gasteiger partial charge in [-0.1, -0.05) is 32.0 Å². The average Bonchev–Trinajstić information content (AvgIpc) is 2.74. The molecular weight excluding hydrogens is 252 g/mol. The molecule has 0 atom stereocenters. The first-order valence-electron chi connectivity index (χ1n) is 6.58. The van der Waals surface area contributed by atoms with Gasteiger partial charge < -0.3 is 9.84 Å². The number of hydrogen-bond donors (Lipinski definition) is 1. The summed E-state index contributed by atoms with van der Waals surface area (Å²) in [6.07, 6.45) is 0. The van der Waals surface area contributed by atoms with E-state index >= 15 is 0 Å². The van der Waals surface area contributed by atoms with E-state index in [4.69, 9.17) is 9.84 Å². The van der Waals surface area contributed by atoms with Crippen LogP contribution < -0.4 is 4.74 Å². The van der Waals surface area contributed by atoms with E-state index in [1.807, 2.05) is 18.2 Å². The number of rotatable bonds is 2. The molecule has 0 unspecified atom stereocenters. The zero-order valence-electron chi connectivity index (χ0n) is 11.5. The van der Waals surface area contributed by atoms with Gasteiger partial charge in [-0.3, -0.25) is 0 Å². The van der Waals surface area contributed by atoms with E-state index in [1.54, 1.807) is 18.2 Å². The Morgan fingerprint density at radius 2 is 1.90 bits per heavy atom. The summed E-state index contributed by atoms with van der Waals surface area (Å²) in [5, 5.41) is 9.07. The van der Waals surface area contributed by atoms with Crippen LogP contribution >= 0.6 is 0 Å². The first kappa shape index (κ1) is 12.7. The van der Waals surface area contributed by atoms with Crippen LogP contribution in [-0.4, -0.2) is 17.7 Å². The second-order valence-corrected chi connectivity index (χ2v) is 5.77. The Balaban J connectivity index is 2.08. The Labute approximate surface area is 117 Å². The molecule has 0 fully saturated rings. The van der Waals surface area contributed by atoms with Crippen molar-refractivity contribution in [2.75, 3.05) is 6.61 Å². The van der Waals surface area contributed by atoms with Gasteiger partial charge >= 0.3 is 5.97 Å². The maximum Gasteiger partial charge on any atom is 0.335 e. The van der Waals surface area contributed by atoms with Crippen molar-refractivity contribution < 1.29 is 14.6 Å². The summed E-state index contributed by atoms with van der Waals surface area (Å²) >= 11 is 0. The Bertz CT molecular complexity index is 686. The highest BCUT2D eigenvalue weighted by Crippen LogP contribution is 2.40. The molecule has 0 aliphatic carbocycles. The second-order valence-electron chi connectivity index (χ2n) is 5.77. The van der Waals surface area contributed by atoms with Gasteiger partial charge in [0.2, 0.25) is 0 Å². The molecule has 3 heteroatoms. The lowest BCUT2D eigenvalue weighted by atomic mass is 9.85. The van der Waals surface area contributed by atoms with Gasteiger partial charge in [0.05, 0.1) is 12.2 Å². The van der Waals surface area contributed by atoms with Gasteiger partial charge in [-0.2, -0.15) is 0 Å². The quantitative estimate of drug-likeness (QED) is 0.902. The van der Waals surface area contributed by atoms with Crippen molar-refractivity contribution in [3.05, 3.63) is 53.6 Å². The Morgan fingerprint density at radius 3 is 2.65 bits per heavy atom. The molecule has 0 bridgehead atoms. The zero-order chi connectivity index (χ0) is 14.3. The fourth-order valence-corrected chi connectivity index (χ4v) is 2.53. The largest absolute Gasteiger partial charge is 0.492 e. The van der Waals surface area contributed by atoms with Crippen molar-refractivity contribution in [1.29, 1.82) is 0 Å². The molecular formula is C17H16O3. The van der Waals surface area contributed by atoms with E-state index in [2.05, 4.69) is 19.9 Å². The lowest BCUT2D eigenvalue weighted by Gasteiger charge is -2.16. The molecule has 2 aromatic carbocycles. The van der Waals surface area contributed by atoms with Gasteiger partial charge in [0, 0.05) is 11.0 Å². The molecule has 0 amide bonds. The minimum atomic E-state index is -0.906. The first-order chi connectivity index (χ1) is 9.47. The SMILES string of the molecule is CC1(C)COc2ccc(-c3cccc(C(=O)O)c3)cc21. The van der Waals surface area contributed by atoms with Crippen LogP contribution in [0.3, 0.4) is 0 Å². The summed E-state index contributed by atoms with van der Waals surface area (Å²) in [5.41, 5.74) is 3.41. The molecule has 0 spiro atoms. The summed E-state index contributed by atoms with van der Waals surface area (Å²) in [7, 11) is 0. The fraction of sp³-hybridized carbons (Fsp3) is 0.235. The average molecular weight is 268 g/mol. The zero-order valence-corrected chi connectivity index (χ0v) is 11.5. The summed E-state index contributed by atoms with van der Waals surface area (Å²) in [6, 6.07) is 13.0. The minimum Gasteiger partial charge on any atom is -0.492 e. The molecule has 1 aliphatic heterocycles. The number of carboxylic acid groups (broad SMARTS) is 1. The smallest absolute Gasteiger partial charge is 0.335 e. The van der Waals surface area contributed by atoms with Gasteiger partial charge in [0.25, 0.3) is 0 Å². The molecule has 102 valence electrons. The molecule has 0 saturated carbocycles. The van der Waals surface area contributed by atoms with Gasteiger partial charge in [-0.25, -0.2) is 4.79 Å². The number of carbonyl (C=O) groups is 1. The van der Waals surface area contributed by atoms with Gasteiger partial charge in [0.15, 0.2) is 0 Å². The van der Waals surface area contributed by atoms with Gasteiger partial charge in [-0.15, -0.1) is 0 Å². The molecule has 0 aromatic heterocycles. The van der Waals surface area contributed by atoms with E-state index in [1.165, 1.54) is 5.56 Å². The molecule has 1 aliphatic rings. The van der Waals surface area contributed by atoms with E-state index in [0.29, 0.717) is 12.2 Å². The third-order valence-corrected chi connectivity index (χ3v) is 3.74. The van der Waals surface area contributed by atoms with Crippen molar-refractivity contribution in [3.8, 4) is 16.9 Å². The Hall–Kier alpha value is -2.29. The van der Waals surface area contributed by atoms with Crippen LogP contribution in [0.1, 0.15) is 29.8 Å². The monoisotopic (exact) mass is 268 g/mol. The highest BCUT2D eigenvalue weighted by molar-refractivity contribution is 5.89. The fourth-order valence-electron chi connectivity index (χ4n) is 2.53. The summed E-state index contributed by atoms with van der Waals surface area (Å²) in [6.45, 7) is 4.98. The second kappa shape index (κ2) is 4.37. The van der Waals surface area contributed by atoms with Crippen LogP contribution in [0.25, 0.3) is 11.1 Å². The van der Waals surface area contributed by atoms with Crippen molar-refractivity contribution in [3.63, 3.8) is 0 Å². The molecule has 0 radical (unpaired) electrons. The van der Waals surface area contributed by atoms with Crippen LogP contribution in [0.5, 0.6) is 5.75 Å². The molecule has 3 rings (SSSR count). The Morgan fingerprint density at radius 1 is 1.15 bits per heavy atom. The van der Waals surface area contributed by atoms with Crippen molar-refractivity contribution >= 4 is 5.97 Å². The topological polar surface area (TPSA) is 46.5 Å². The first-order valence-corrected chi connectivity index (χ1v) is 6.58. The van der Waals surface area contributed by atoms with E-state index in [9.17, 15) is 4.79 Å². The number of benzene rings is 2. The van der Waals surface area contributed by atoms with Crippen LogP contribution in [-0.2, 0) is 5.41 Å². The number of aromatic carboxylic acids is 1. The summed E-state index contributed by atoms with van der Waals surface area (Å²) in [4.78, 5) is 11.1. The molecule has 1 heterocycles.